The Bertz CT molecular complexity index is 822. The number of benzene rings is 2. The molecule has 0 saturated carbocycles. The van der Waals surface area contributed by atoms with Gasteiger partial charge in [0.2, 0.25) is 0 Å². The maximum Gasteiger partial charge on any atom is 0.407 e. The van der Waals surface area contributed by atoms with E-state index in [1.54, 1.807) is 18.2 Å². The average molecular weight is 430 g/mol. The summed E-state index contributed by atoms with van der Waals surface area (Å²) in [4.78, 5) is 12.4. The van der Waals surface area contributed by atoms with Crippen LogP contribution in [-0.2, 0) is 6.42 Å². The fourth-order valence-corrected chi connectivity index (χ4v) is 3.54. The van der Waals surface area contributed by atoms with Crippen LogP contribution in [0.1, 0.15) is 18.4 Å². The number of rotatable bonds is 10. The maximum absolute atomic E-state index is 11.0. The minimum absolute atomic E-state index is 0.134. The lowest BCUT2D eigenvalue weighted by molar-refractivity contribution is 0.106. The fourth-order valence-electron chi connectivity index (χ4n) is 3.54. The summed E-state index contributed by atoms with van der Waals surface area (Å²) in [6, 6.07) is 15.1. The second kappa shape index (κ2) is 11.4. The normalized spacial score (nSPS) is 15.5. The number of aliphatic hydroxyl groups excluding tert-OH is 1. The van der Waals surface area contributed by atoms with Crippen LogP contribution < -0.4 is 15.4 Å². The van der Waals surface area contributed by atoms with Gasteiger partial charge in [0.25, 0.3) is 0 Å². The van der Waals surface area contributed by atoms with Crippen LogP contribution in [0.25, 0.3) is 0 Å². The first-order chi connectivity index (χ1) is 15.0. The molecule has 1 saturated heterocycles. The van der Waals surface area contributed by atoms with Crippen molar-refractivity contribution in [3.8, 4) is 11.5 Å². The van der Waals surface area contributed by atoms with Crippen molar-refractivity contribution in [3.05, 3.63) is 54.1 Å². The summed E-state index contributed by atoms with van der Waals surface area (Å²) in [7, 11) is 0. The molecular weight excluding hydrogens is 398 g/mol. The molecule has 168 valence electrons. The van der Waals surface area contributed by atoms with Gasteiger partial charge >= 0.3 is 6.09 Å². The smallest absolute Gasteiger partial charge is 0.407 e. The Morgan fingerprint density at radius 1 is 1.16 bits per heavy atom. The quantitative estimate of drug-likeness (QED) is 0.369. The summed E-state index contributed by atoms with van der Waals surface area (Å²) in [5.74, 6) is 0.662. The van der Waals surface area contributed by atoms with Crippen LogP contribution in [0.15, 0.2) is 48.5 Å². The van der Waals surface area contributed by atoms with Crippen LogP contribution in [0, 0.1) is 0 Å². The van der Waals surface area contributed by atoms with Gasteiger partial charge in [0.1, 0.15) is 24.2 Å². The highest BCUT2D eigenvalue weighted by Crippen LogP contribution is 2.18. The highest BCUT2D eigenvalue weighted by Gasteiger charge is 2.21. The molecule has 0 unspecified atom stereocenters. The summed E-state index contributed by atoms with van der Waals surface area (Å²) < 4.78 is 5.47. The molecule has 3 rings (SSSR count). The van der Waals surface area contributed by atoms with Crippen molar-refractivity contribution in [2.24, 2.45) is 0 Å². The monoisotopic (exact) mass is 429 g/mol. The van der Waals surface area contributed by atoms with Gasteiger partial charge in [-0.3, -0.25) is 0 Å². The Morgan fingerprint density at radius 2 is 1.90 bits per heavy atom. The van der Waals surface area contributed by atoms with E-state index < -0.39 is 12.2 Å². The summed E-state index contributed by atoms with van der Waals surface area (Å²) in [5, 5.41) is 35.2. The van der Waals surface area contributed by atoms with E-state index in [1.165, 1.54) is 16.5 Å². The molecule has 0 aliphatic carbocycles. The zero-order valence-electron chi connectivity index (χ0n) is 17.5. The molecule has 0 bridgehead atoms. The molecule has 1 fully saturated rings. The molecule has 1 atom stereocenters. The van der Waals surface area contributed by atoms with Crippen molar-refractivity contribution < 1.29 is 24.9 Å². The number of amides is 1. The van der Waals surface area contributed by atoms with Crippen LogP contribution in [0.5, 0.6) is 11.5 Å². The number of anilines is 1. The third-order valence-corrected chi connectivity index (χ3v) is 5.32. The number of phenolic OH excluding ortho intramolecular Hbond substituents is 1. The molecule has 8 heteroatoms. The first-order valence-electron chi connectivity index (χ1n) is 10.6. The SMILES string of the molecule is O=C(O)N1CCC(Nc2ccc(CCNC[C@H](O)COc3cccc(O)c3)cc2)CC1. The standard InChI is InChI=1S/C23H31N3O5/c27-20-2-1-3-22(14-20)31-16-21(28)15-24-11-8-17-4-6-18(7-5-17)25-19-9-12-26(13-10-19)23(29)30/h1-7,14,19,21,24-25,27-28H,8-13,15-16H2,(H,29,30)/t21-/m0/s1. The van der Waals surface area contributed by atoms with Crippen LogP contribution in [0.4, 0.5) is 10.5 Å². The Morgan fingerprint density at radius 3 is 2.58 bits per heavy atom. The van der Waals surface area contributed by atoms with Gasteiger partial charge in [0.05, 0.1) is 0 Å². The number of aliphatic hydroxyl groups is 1. The van der Waals surface area contributed by atoms with Gasteiger partial charge < -0.3 is 35.6 Å². The Kier molecular flexibility index (Phi) is 8.37. The first-order valence-corrected chi connectivity index (χ1v) is 10.6. The maximum atomic E-state index is 11.0. The lowest BCUT2D eigenvalue weighted by Gasteiger charge is -2.31. The second-order valence-corrected chi connectivity index (χ2v) is 7.80. The largest absolute Gasteiger partial charge is 0.508 e. The van der Waals surface area contributed by atoms with Crippen LogP contribution in [0.2, 0.25) is 0 Å². The van der Waals surface area contributed by atoms with Crippen molar-refractivity contribution in [1.29, 1.82) is 0 Å². The molecular formula is C23H31N3O5. The average Bonchev–Trinajstić information content (AvgIpc) is 2.77. The summed E-state index contributed by atoms with van der Waals surface area (Å²) >= 11 is 0. The fraction of sp³-hybridized carbons (Fsp3) is 0.435. The minimum atomic E-state index is -0.840. The molecule has 1 amide bonds. The molecule has 1 heterocycles. The zero-order valence-corrected chi connectivity index (χ0v) is 17.5. The predicted molar refractivity (Wildman–Crippen MR) is 119 cm³/mol. The van der Waals surface area contributed by atoms with Crippen molar-refractivity contribution >= 4 is 11.8 Å². The number of aromatic hydroxyl groups is 1. The molecule has 0 aromatic heterocycles. The van der Waals surface area contributed by atoms with E-state index in [4.69, 9.17) is 9.84 Å². The van der Waals surface area contributed by atoms with Gasteiger partial charge in [-0.15, -0.1) is 0 Å². The number of piperidine rings is 1. The number of ether oxygens (including phenoxy) is 1. The number of likely N-dealkylation sites (tertiary alicyclic amines) is 1. The lowest BCUT2D eigenvalue weighted by atomic mass is 10.0. The lowest BCUT2D eigenvalue weighted by Crippen LogP contribution is -2.41. The van der Waals surface area contributed by atoms with E-state index in [2.05, 4.69) is 34.9 Å². The van der Waals surface area contributed by atoms with Crippen LogP contribution in [-0.4, -0.2) is 71.2 Å². The third kappa shape index (κ3) is 7.66. The summed E-state index contributed by atoms with van der Waals surface area (Å²) in [6.45, 7) is 2.46. The Hall–Kier alpha value is -2.97. The van der Waals surface area contributed by atoms with Gasteiger partial charge in [-0.25, -0.2) is 4.79 Å². The number of hydrogen-bond donors (Lipinski definition) is 5. The third-order valence-electron chi connectivity index (χ3n) is 5.32. The van der Waals surface area contributed by atoms with Gasteiger partial charge in [-0.1, -0.05) is 18.2 Å². The predicted octanol–water partition coefficient (Wildman–Crippen LogP) is 2.52. The molecule has 1 aliphatic rings. The topological polar surface area (TPSA) is 114 Å². The summed E-state index contributed by atoms with van der Waals surface area (Å²) in [6.07, 6.45) is 0.997. The van der Waals surface area contributed by atoms with Crippen LogP contribution in [0.3, 0.4) is 0 Å². The minimum Gasteiger partial charge on any atom is -0.508 e. The highest BCUT2D eigenvalue weighted by atomic mass is 16.5. The number of nitrogens with one attached hydrogen (secondary N) is 2. The number of carbonyl (C=O) groups is 1. The first kappa shape index (κ1) is 22.7. The van der Waals surface area contributed by atoms with Gasteiger partial charge in [-0.2, -0.15) is 0 Å². The van der Waals surface area contributed by atoms with E-state index in [0.717, 1.165) is 31.5 Å². The number of nitrogens with zero attached hydrogens (tertiary/aromatic N) is 1. The van der Waals surface area contributed by atoms with Crippen molar-refractivity contribution in [2.75, 3.05) is 38.1 Å². The van der Waals surface area contributed by atoms with Gasteiger partial charge in [0.15, 0.2) is 0 Å². The highest BCUT2D eigenvalue weighted by molar-refractivity contribution is 5.65. The van der Waals surface area contributed by atoms with E-state index in [9.17, 15) is 15.0 Å². The Balaban J connectivity index is 1.30. The number of hydrogen-bond acceptors (Lipinski definition) is 6. The van der Waals surface area contributed by atoms with E-state index in [0.29, 0.717) is 31.4 Å². The van der Waals surface area contributed by atoms with Crippen molar-refractivity contribution in [3.63, 3.8) is 0 Å². The van der Waals surface area contributed by atoms with E-state index >= 15 is 0 Å². The van der Waals surface area contributed by atoms with Crippen molar-refractivity contribution in [2.45, 2.75) is 31.4 Å². The van der Waals surface area contributed by atoms with Crippen molar-refractivity contribution in [1.82, 2.24) is 10.2 Å². The zero-order chi connectivity index (χ0) is 22.1. The van der Waals surface area contributed by atoms with E-state index in [-0.39, 0.29) is 12.4 Å². The van der Waals surface area contributed by atoms with Gasteiger partial charge in [-0.05, 0) is 55.6 Å². The molecule has 0 spiro atoms. The molecule has 8 nitrogen and oxygen atoms in total. The number of carboxylic acid groups (broad SMARTS) is 1. The number of phenols is 1. The summed E-state index contributed by atoms with van der Waals surface area (Å²) in [5.41, 5.74) is 2.24. The molecule has 1 aliphatic heterocycles. The van der Waals surface area contributed by atoms with E-state index in [1.807, 2.05) is 0 Å². The second-order valence-electron chi connectivity index (χ2n) is 7.80. The molecule has 2 aromatic rings. The molecule has 2 aromatic carbocycles. The molecule has 0 radical (unpaired) electrons. The van der Waals surface area contributed by atoms with Gasteiger partial charge in [0, 0.05) is 37.4 Å². The Labute approximate surface area is 182 Å². The molecule has 5 N–H and O–H groups in total. The van der Waals surface area contributed by atoms with Crippen LogP contribution >= 0.6 is 0 Å². The molecule has 31 heavy (non-hydrogen) atoms.